The van der Waals surface area contributed by atoms with E-state index in [1.165, 1.54) is 11.3 Å². The molecule has 0 aliphatic carbocycles. The molecule has 116 valence electrons. The van der Waals surface area contributed by atoms with Gasteiger partial charge in [0.15, 0.2) is 0 Å². The van der Waals surface area contributed by atoms with Crippen LogP contribution >= 0.6 is 11.3 Å². The summed E-state index contributed by atoms with van der Waals surface area (Å²) in [7, 11) is 1.55. The summed E-state index contributed by atoms with van der Waals surface area (Å²) in [6.07, 6.45) is 0.00366. The van der Waals surface area contributed by atoms with Crippen molar-refractivity contribution in [3.63, 3.8) is 0 Å². The molecule has 0 aliphatic rings. The van der Waals surface area contributed by atoms with Crippen LogP contribution in [0.5, 0.6) is 5.75 Å². The maximum atomic E-state index is 12.2. The van der Waals surface area contributed by atoms with E-state index >= 15 is 0 Å². The van der Waals surface area contributed by atoms with Gasteiger partial charge in [0.1, 0.15) is 5.75 Å². The molecule has 0 aliphatic heterocycles. The van der Waals surface area contributed by atoms with Gasteiger partial charge in [-0.25, -0.2) is 0 Å². The molecule has 0 saturated heterocycles. The van der Waals surface area contributed by atoms with Crippen molar-refractivity contribution in [2.24, 2.45) is 0 Å². The van der Waals surface area contributed by atoms with Crippen molar-refractivity contribution in [3.8, 4) is 5.75 Å². The largest absolute Gasteiger partial charge is 0.496 e. The Morgan fingerprint density at radius 2 is 2.05 bits per heavy atom. The van der Waals surface area contributed by atoms with Crippen LogP contribution in [0.25, 0.3) is 0 Å². The van der Waals surface area contributed by atoms with Gasteiger partial charge in [-0.2, -0.15) is 0 Å². The number of methoxy groups -OCH3 is 1. The number of nitrogens with one attached hydrogen (secondary N) is 1. The van der Waals surface area contributed by atoms with E-state index < -0.39 is 12.0 Å². The highest BCUT2D eigenvalue weighted by atomic mass is 32.1. The number of hydrogen-bond donors (Lipinski definition) is 2. The standard InChI is InChI=1S/C16H17NO4S/c1-21-13-6-3-2-5-11(13)9-15(18)17-12(10-16(19)20)14-7-4-8-22-14/h2-8,12H,9-10H2,1H3,(H,17,18)(H,19,20). The lowest BCUT2D eigenvalue weighted by Gasteiger charge is -2.16. The zero-order chi connectivity index (χ0) is 15.9. The van der Waals surface area contributed by atoms with Crippen LogP contribution in [-0.4, -0.2) is 24.1 Å². The molecule has 1 heterocycles. The van der Waals surface area contributed by atoms with Crippen LogP contribution in [0.3, 0.4) is 0 Å². The summed E-state index contributed by atoms with van der Waals surface area (Å²) in [6.45, 7) is 0. The maximum absolute atomic E-state index is 12.2. The molecule has 0 saturated carbocycles. The molecule has 1 amide bonds. The Morgan fingerprint density at radius 1 is 1.27 bits per heavy atom. The average molecular weight is 319 g/mol. The van der Waals surface area contributed by atoms with E-state index in [4.69, 9.17) is 9.84 Å². The molecule has 2 N–H and O–H groups in total. The van der Waals surface area contributed by atoms with Crippen LogP contribution in [0.1, 0.15) is 22.9 Å². The topological polar surface area (TPSA) is 75.6 Å². The monoisotopic (exact) mass is 319 g/mol. The van der Waals surface area contributed by atoms with E-state index in [9.17, 15) is 9.59 Å². The fraction of sp³-hybridized carbons (Fsp3) is 0.250. The van der Waals surface area contributed by atoms with Gasteiger partial charge >= 0.3 is 5.97 Å². The third kappa shape index (κ3) is 4.33. The van der Waals surface area contributed by atoms with Crippen molar-refractivity contribution in [2.75, 3.05) is 7.11 Å². The van der Waals surface area contributed by atoms with E-state index in [1.807, 2.05) is 35.7 Å². The van der Waals surface area contributed by atoms with E-state index in [0.717, 1.165) is 10.4 Å². The number of rotatable bonds is 7. The van der Waals surface area contributed by atoms with E-state index in [0.29, 0.717) is 5.75 Å². The predicted molar refractivity (Wildman–Crippen MR) is 84.2 cm³/mol. The number of amides is 1. The quantitative estimate of drug-likeness (QED) is 0.822. The van der Waals surface area contributed by atoms with Crippen molar-refractivity contribution in [3.05, 3.63) is 52.2 Å². The van der Waals surface area contributed by atoms with Crippen molar-refractivity contribution in [2.45, 2.75) is 18.9 Å². The zero-order valence-electron chi connectivity index (χ0n) is 12.1. The fourth-order valence-electron chi connectivity index (χ4n) is 2.15. The smallest absolute Gasteiger partial charge is 0.305 e. The van der Waals surface area contributed by atoms with Crippen LogP contribution in [0.2, 0.25) is 0 Å². The summed E-state index contributed by atoms with van der Waals surface area (Å²) < 4.78 is 5.22. The number of benzene rings is 1. The Labute approximate surface area is 132 Å². The maximum Gasteiger partial charge on any atom is 0.305 e. The van der Waals surface area contributed by atoms with Crippen LogP contribution in [0, 0.1) is 0 Å². The van der Waals surface area contributed by atoms with Gasteiger partial charge in [-0.1, -0.05) is 24.3 Å². The van der Waals surface area contributed by atoms with E-state index in [-0.39, 0.29) is 18.7 Å². The van der Waals surface area contributed by atoms with Gasteiger partial charge in [0.05, 0.1) is 26.0 Å². The molecule has 1 aromatic heterocycles. The lowest BCUT2D eigenvalue weighted by molar-refractivity contribution is -0.137. The minimum Gasteiger partial charge on any atom is -0.496 e. The highest BCUT2D eigenvalue weighted by Gasteiger charge is 2.19. The number of carboxylic acid groups (broad SMARTS) is 1. The lowest BCUT2D eigenvalue weighted by atomic mass is 10.1. The van der Waals surface area contributed by atoms with E-state index in [1.54, 1.807) is 13.2 Å². The first-order valence-corrected chi connectivity index (χ1v) is 7.64. The molecular weight excluding hydrogens is 302 g/mol. The van der Waals surface area contributed by atoms with E-state index in [2.05, 4.69) is 5.32 Å². The SMILES string of the molecule is COc1ccccc1CC(=O)NC(CC(=O)O)c1cccs1. The van der Waals surface area contributed by atoms with Gasteiger partial charge in [0.25, 0.3) is 0 Å². The fourth-order valence-corrected chi connectivity index (χ4v) is 2.93. The lowest BCUT2D eigenvalue weighted by Crippen LogP contribution is -2.31. The molecule has 1 unspecified atom stereocenters. The number of carboxylic acids is 1. The van der Waals surface area contributed by atoms with Gasteiger partial charge in [-0.05, 0) is 17.5 Å². The Kier molecular flexibility index (Phi) is 5.55. The first-order valence-electron chi connectivity index (χ1n) is 6.76. The molecule has 6 heteroatoms. The number of thiophene rings is 1. The third-order valence-corrected chi connectivity index (χ3v) is 4.13. The van der Waals surface area contributed by atoms with Crippen molar-refractivity contribution >= 4 is 23.2 Å². The van der Waals surface area contributed by atoms with Crippen molar-refractivity contribution in [1.29, 1.82) is 0 Å². The normalized spacial score (nSPS) is 11.7. The van der Waals surface area contributed by atoms with Crippen LogP contribution in [-0.2, 0) is 16.0 Å². The molecule has 1 aromatic carbocycles. The summed E-state index contributed by atoms with van der Waals surface area (Å²) in [5.74, 6) is -0.538. The van der Waals surface area contributed by atoms with Gasteiger partial charge in [0.2, 0.25) is 5.91 Å². The summed E-state index contributed by atoms with van der Waals surface area (Å²) in [5.41, 5.74) is 0.766. The van der Waals surface area contributed by atoms with Gasteiger partial charge in [0, 0.05) is 10.4 Å². The Morgan fingerprint density at radius 3 is 2.68 bits per heavy atom. The van der Waals surface area contributed by atoms with Crippen LogP contribution in [0.15, 0.2) is 41.8 Å². The molecule has 0 radical (unpaired) electrons. The summed E-state index contributed by atoms with van der Waals surface area (Å²) in [5, 5.41) is 13.6. The Hall–Kier alpha value is -2.34. The first kappa shape index (κ1) is 16.0. The first-order chi connectivity index (χ1) is 10.6. The Balaban J connectivity index is 2.06. The molecule has 2 aromatic rings. The molecular formula is C16H17NO4S. The molecule has 22 heavy (non-hydrogen) atoms. The highest BCUT2D eigenvalue weighted by molar-refractivity contribution is 7.10. The number of carbonyl (C=O) groups is 2. The van der Waals surface area contributed by atoms with Crippen molar-refractivity contribution in [1.82, 2.24) is 5.32 Å². The second-order valence-corrected chi connectivity index (χ2v) is 5.70. The minimum absolute atomic E-state index is 0.141. The summed E-state index contributed by atoms with van der Waals surface area (Å²) in [4.78, 5) is 24.0. The van der Waals surface area contributed by atoms with Gasteiger partial charge in [-0.3, -0.25) is 9.59 Å². The minimum atomic E-state index is -0.948. The molecule has 2 rings (SSSR count). The molecule has 0 spiro atoms. The average Bonchev–Trinajstić information content (AvgIpc) is 3.01. The molecule has 0 fully saturated rings. The number of aliphatic carboxylic acids is 1. The summed E-state index contributed by atoms with van der Waals surface area (Å²) >= 11 is 1.43. The molecule has 1 atom stereocenters. The molecule has 5 nitrogen and oxygen atoms in total. The predicted octanol–water partition coefficient (Wildman–Crippen LogP) is 2.63. The highest BCUT2D eigenvalue weighted by Crippen LogP contribution is 2.23. The van der Waals surface area contributed by atoms with Crippen LogP contribution in [0.4, 0.5) is 0 Å². The number of hydrogen-bond acceptors (Lipinski definition) is 4. The number of ether oxygens (including phenoxy) is 1. The zero-order valence-corrected chi connectivity index (χ0v) is 12.9. The van der Waals surface area contributed by atoms with Crippen molar-refractivity contribution < 1.29 is 19.4 Å². The Bertz CT molecular complexity index is 639. The second-order valence-electron chi connectivity index (χ2n) is 4.72. The molecule has 0 bridgehead atoms. The number of para-hydroxylation sites is 1. The summed E-state index contributed by atoms with van der Waals surface area (Å²) in [6, 6.07) is 10.4. The van der Waals surface area contributed by atoms with Gasteiger partial charge < -0.3 is 15.2 Å². The van der Waals surface area contributed by atoms with Crippen LogP contribution < -0.4 is 10.1 Å². The third-order valence-electron chi connectivity index (χ3n) is 3.14. The second kappa shape index (κ2) is 7.61. The number of carbonyl (C=O) groups excluding carboxylic acids is 1. The van der Waals surface area contributed by atoms with Gasteiger partial charge in [-0.15, -0.1) is 11.3 Å².